The average Bonchev–Trinajstić information content (AvgIpc) is 2.92. The molecule has 1 heterocycles. The molecule has 0 spiro atoms. The van der Waals surface area contributed by atoms with Crippen LogP contribution in [0.3, 0.4) is 0 Å². The molecular formula is C14H24N4O. The van der Waals surface area contributed by atoms with Gasteiger partial charge >= 0.3 is 0 Å². The molecule has 2 rings (SSSR count). The van der Waals surface area contributed by atoms with Gasteiger partial charge in [0.05, 0.1) is 11.4 Å². The molecule has 106 valence electrons. The lowest BCUT2D eigenvalue weighted by molar-refractivity contribution is 0.198. The van der Waals surface area contributed by atoms with Crippen LogP contribution in [0.15, 0.2) is 0 Å². The molecule has 1 aromatic heterocycles. The highest BCUT2D eigenvalue weighted by Crippen LogP contribution is 2.31. The first-order chi connectivity index (χ1) is 9.28. The van der Waals surface area contributed by atoms with E-state index < -0.39 is 0 Å². The lowest BCUT2D eigenvalue weighted by Gasteiger charge is -2.17. The van der Waals surface area contributed by atoms with Gasteiger partial charge in [0.1, 0.15) is 0 Å². The van der Waals surface area contributed by atoms with Crippen LogP contribution in [0.1, 0.15) is 44.5 Å². The minimum Gasteiger partial charge on any atom is -0.396 e. The number of nitrogens with zero attached hydrogens (tertiary/aromatic N) is 3. The maximum Gasteiger partial charge on any atom is 0.242 e. The van der Waals surface area contributed by atoms with Crippen LogP contribution in [0.2, 0.25) is 0 Å². The number of anilines is 1. The maximum atomic E-state index is 9.31. The van der Waals surface area contributed by atoms with Gasteiger partial charge in [0.15, 0.2) is 0 Å². The Labute approximate surface area is 114 Å². The summed E-state index contributed by atoms with van der Waals surface area (Å²) in [5.74, 6) is 1.59. The third kappa shape index (κ3) is 3.41. The number of aromatic nitrogens is 3. The van der Waals surface area contributed by atoms with Crippen molar-refractivity contribution in [2.45, 2.75) is 46.0 Å². The van der Waals surface area contributed by atoms with Gasteiger partial charge in [0.25, 0.3) is 0 Å². The molecule has 19 heavy (non-hydrogen) atoms. The van der Waals surface area contributed by atoms with Crippen LogP contribution in [0.25, 0.3) is 0 Å². The van der Waals surface area contributed by atoms with Crippen molar-refractivity contribution in [1.82, 2.24) is 15.2 Å². The smallest absolute Gasteiger partial charge is 0.242 e. The summed E-state index contributed by atoms with van der Waals surface area (Å²) >= 11 is 0. The molecule has 1 aliphatic carbocycles. The van der Waals surface area contributed by atoms with E-state index in [9.17, 15) is 5.11 Å². The normalized spacial score (nSPS) is 22.7. The third-order valence-electron chi connectivity index (χ3n) is 4.08. The van der Waals surface area contributed by atoms with Crippen molar-refractivity contribution >= 4 is 5.95 Å². The highest BCUT2D eigenvalue weighted by atomic mass is 16.3. The Morgan fingerprint density at radius 2 is 1.84 bits per heavy atom. The number of aliphatic hydroxyl groups is 1. The Morgan fingerprint density at radius 3 is 2.53 bits per heavy atom. The molecule has 0 aliphatic heterocycles. The van der Waals surface area contributed by atoms with E-state index in [1.165, 1.54) is 12.8 Å². The maximum absolute atomic E-state index is 9.31. The van der Waals surface area contributed by atoms with Gasteiger partial charge in [0.2, 0.25) is 5.95 Å². The minimum atomic E-state index is 0.292. The molecule has 0 saturated heterocycles. The fourth-order valence-corrected chi connectivity index (χ4v) is 2.86. The van der Waals surface area contributed by atoms with Crippen molar-refractivity contribution in [1.29, 1.82) is 0 Å². The summed E-state index contributed by atoms with van der Waals surface area (Å²) in [5, 5.41) is 21.0. The Bertz CT molecular complexity index is 410. The molecular weight excluding hydrogens is 240 g/mol. The van der Waals surface area contributed by atoms with Crippen LogP contribution in [0, 0.1) is 11.8 Å². The largest absolute Gasteiger partial charge is 0.396 e. The van der Waals surface area contributed by atoms with Crippen molar-refractivity contribution in [3.05, 3.63) is 11.4 Å². The fourth-order valence-electron chi connectivity index (χ4n) is 2.86. The predicted octanol–water partition coefficient (Wildman–Crippen LogP) is 1.82. The summed E-state index contributed by atoms with van der Waals surface area (Å²) in [7, 11) is 0. The van der Waals surface area contributed by atoms with Crippen molar-refractivity contribution in [3.63, 3.8) is 0 Å². The lowest BCUT2D eigenvalue weighted by Crippen LogP contribution is -2.22. The summed E-state index contributed by atoms with van der Waals surface area (Å²) in [5.41, 5.74) is 2.02. The molecule has 0 bridgehead atoms. The monoisotopic (exact) mass is 264 g/mol. The molecule has 5 heteroatoms. The predicted molar refractivity (Wildman–Crippen MR) is 75.0 cm³/mol. The summed E-state index contributed by atoms with van der Waals surface area (Å²) in [6.07, 6.45) is 5.29. The summed E-state index contributed by atoms with van der Waals surface area (Å²) in [4.78, 5) is 4.53. The average molecular weight is 264 g/mol. The van der Waals surface area contributed by atoms with Crippen LogP contribution in [-0.4, -0.2) is 33.4 Å². The van der Waals surface area contributed by atoms with E-state index in [0.717, 1.165) is 37.2 Å². The van der Waals surface area contributed by atoms with E-state index in [1.807, 2.05) is 0 Å². The second-order valence-corrected chi connectivity index (χ2v) is 5.25. The standard InChI is InChI=1S/C14H24N4O/c1-3-12-13(4-2)17-18-14(16-12)15-8-10-6-5-7-11(10)9-19/h10-11,19H,3-9H2,1-2H3,(H,15,16,18). The van der Waals surface area contributed by atoms with Crippen LogP contribution >= 0.6 is 0 Å². The molecule has 1 aromatic rings. The van der Waals surface area contributed by atoms with E-state index in [0.29, 0.717) is 24.4 Å². The first-order valence-electron chi connectivity index (χ1n) is 7.35. The molecule has 0 amide bonds. The van der Waals surface area contributed by atoms with Crippen molar-refractivity contribution in [2.24, 2.45) is 11.8 Å². The van der Waals surface area contributed by atoms with Gasteiger partial charge in [-0.05, 0) is 37.5 Å². The molecule has 1 fully saturated rings. The van der Waals surface area contributed by atoms with Crippen LogP contribution < -0.4 is 5.32 Å². The lowest BCUT2D eigenvalue weighted by atomic mass is 9.97. The highest BCUT2D eigenvalue weighted by Gasteiger charge is 2.26. The topological polar surface area (TPSA) is 70.9 Å². The zero-order chi connectivity index (χ0) is 13.7. The van der Waals surface area contributed by atoms with Gasteiger partial charge in [-0.15, -0.1) is 5.10 Å². The number of aliphatic hydroxyl groups excluding tert-OH is 1. The van der Waals surface area contributed by atoms with Gasteiger partial charge < -0.3 is 10.4 Å². The van der Waals surface area contributed by atoms with E-state index in [1.54, 1.807) is 0 Å². The molecule has 2 unspecified atom stereocenters. The van der Waals surface area contributed by atoms with Gasteiger partial charge in [0, 0.05) is 13.2 Å². The Balaban J connectivity index is 1.96. The van der Waals surface area contributed by atoms with Crippen molar-refractivity contribution in [3.8, 4) is 0 Å². The molecule has 0 aromatic carbocycles. The van der Waals surface area contributed by atoms with Gasteiger partial charge in [-0.25, -0.2) is 4.98 Å². The third-order valence-corrected chi connectivity index (χ3v) is 4.08. The number of nitrogens with one attached hydrogen (secondary N) is 1. The second-order valence-electron chi connectivity index (χ2n) is 5.25. The molecule has 1 aliphatic rings. The van der Waals surface area contributed by atoms with Crippen LogP contribution in [0.4, 0.5) is 5.95 Å². The van der Waals surface area contributed by atoms with Crippen LogP contribution in [0.5, 0.6) is 0 Å². The Hall–Kier alpha value is -1.23. The molecule has 5 nitrogen and oxygen atoms in total. The van der Waals surface area contributed by atoms with Crippen molar-refractivity contribution in [2.75, 3.05) is 18.5 Å². The molecule has 1 saturated carbocycles. The zero-order valence-electron chi connectivity index (χ0n) is 11.9. The van der Waals surface area contributed by atoms with E-state index in [2.05, 4.69) is 34.3 Å². The summed E-state index contributed by atoms with van der Waals surface area (Å²) in [6.45, 7) is 5.29. The molecule has 2 N–H and O–H groups in total. The SMILES string of the molecule is CCc1nnc(NCC2CCCC2CO)nc1CC. The number of hydrogen-bond acceptors (Lipinski definition) is 5. The van der Waals surface area contributed by atoms with E-state index in [-0.39, 0.29) is 0 Å². The Kier molecular flexibility index (Phi) is 5.07. The van der Waals surface area contributed by atoms with Gasteiger partial charge in [-0.1, -0.05) is 20.3 Å². The quantitative estimate of drug-likeness (QED) is 0.820. The van der Waals surface area contributed by atoms with E-state index >= 15 is 0 Å². The van der Waals surface area contributed by atoms with Crippen LogP contribution in [-0.2, 0) is 12.8 Å². The molecule has 0 radical (unpaired) electrons. The Morgan fingerprint density at radius 1 is 1.11 bits per heavy atom. The summed E-state index contributed by atoms with van der Waals surface area (Å²) in [6, 6.07) is 0. The number of rotatable bonds is 6. The number of hydrogen-bond donors (Lipinski definition) is 2. The number of aryl methyl sites for hydroxylation is 2. The van der Waals surface area contributed by atoms with Crippen molar-refractivity contribution < 1.29 is 5.11 Å². The zero-order valence-corrected chi connectivity index (χ0v) is 11.9. The first kappa shape index (κ1) is 14.2. The summed E-state index contributed by atoms with van der Waals surface area (Å²) < 4.78 is 0. The first-order valence-corrected chi connectivity index (χ1v) is 7.35. The minimum absolute atomic E-state index is 0.292. The van der Waals surface area contributed by atoms with Gasteiger partial charge in [-0.2, -0.15) is 5.10 Å². The van der Waals surface area contributed by atoms with E-state index in [4.69, 9.17) is 0 Å². The molecule has 2 atom stereocenters. The second kappa shape index (κ2) is 6.80. The highest BCUT2D eigenvalue weighted by molar-refractivity contribution is 5.25. The fraction of sp³-hybridized carbons (Fsp3) is 0.786. The van der Waals surface area contributed by atoms with Gasteiger partial charge in [-0.3, -0.25) is 0 Å².